The fourth-order valence-electron chi connectivity index (χ4n) is 4.50. The van der Waals surface area contributed by atoms with Gasteiger partial charge in [0.15, 0.2) is 0 Å². The zero-order valence-corrected chi connectivity index (χ0v) is 21.3. The SMILES string of the molecule is CC(=O)N[C@@H]1CS[C@@H]2CO[Si](C(C)C)(C(C)C)O[Si](C(C)C)(C(C)C)O[C@@H]12. The lowest BCUT2D eigenvalue weighted by Gasteiger charge is -2.51. The monoisotopic (exact) mass is 433 g/mol. The molecular formula is C19H39NO4SSi2. The van der Waals surface area contributed by atoms with Crippen molar-refractivity contribution < 1.29 is 17.8 Å². The van der Waals surface area contributed by atoms with E-state index < -0.39 is 17.1 Å². The molecule has 2 heterocycles. The molecule has 0 radical (unpaired) electrons. The number of thioether (sulfide) groups is 1. The van der Waals surface area contributed by atoms with Crippen molar-refractivity contribution in [1.82, 2.24) is 5.32 Å². The lowest BCUT2D eigenvalue weighted by atomic mass is 10.1. The first-order valence-electron chi connectivity index (χ1n) is 10.4. The molecule has 0 spiro atoms. The Labute approximate surface area is 172 Å². The first kappa shape index (κ1) is 23.4. The molecule has 5 nitrogen and oxygen atoms in total. The second-order valence-electron chi connectivity index (χ2n) is 9.24. The van der Waals surface area contributed by atoms with E-state index in [0.717, 1.165) is 5.75 Å². The maximum absolute atomic E-state index is 11.7. The highest BCUT2D eigenvalue weighted by Crippen LogP contribution is 2.48. The van der Waals surface area contributed by atoms with Crippen LogP contribution >= 0.6 is 11.8 Å². The predicted octanol–water partition coefficient (Wildman–Crippen LogP) is 4.56. The highest BCUT2D eigenvalue weighted by atomic mass is 32.2. The average Bonchev–Trinajstić information content (AvgIpc) is 2.86. The van der Waals surface area contributed by atoms with Gasteiger partial charge < -0.3 is 18.3 Å². The summed E-state index contributed by atoms with van der Waals surface area (Å²) in [4.78, 5) is 11.7. The predicted molar refractivity (Wildman–Crippen MR) is 118 cm³/mol. The smallest absolute Gasteiger partial charge is 0.335 e. The summed E-state index contributed by atoms with van der Waals surface area (Å²) in [6.45, 7) is 20.1. The van der Waals surface area contributed by atoms with Gasteiger partial charge in [0.05, 0.1) is 24.0 Å². The first-order chi connectivity index (χ1) is 12.5. The number of hydrogen-bond donors (Lipinski definition) is 1. The van der Waals surface area contributed by atoms with Crippen molar-refractivity contribution >= 4 is 34.8 Å². The van der Waals surface area contributed by atoms with Crippen molar-refractivity contribution in [1.29, 1.82) is 0 Å². The minimum Gasteiger partial charge on any atom is -0.414 e. The molecule has 1 amide bonds. The van der Waals surface area contributed by atoms with Crippen molar-refractivity contribution in [2.24, 2.45) is 0 Å². The van der Waals surface area contributed by atoms with Crippen molar-refractivity contribution in [2.75, 3.05) is 12.4 Å². The first-order valence-corrected chi connectivity index (χ1v) is 15.4. The minimum atomic E-state index is -2.59. The summed E-state index contributed by atoms with van der Waals surface area (Å²) >= 11 is 1.87. The van der Waals surface area contributed by atoms with Crippen LogP contribution in [0.15, 0.2) is 0 Å². The summed E-state index contributed by atoms with van der Waals surface area (Å²) in [5.41, 5.74) is 1.35. The molecule has 0 aromatic carbocycles. The van der Waals surface area contributed by atoms with Crippen LogP contribution in [0, 0.1) is 0 Å². The topological polar surface area (TPSA) is 56.8 Å². The van der Waals surface area contributed by atoms with E-state index in [0.29, 0.717) is 28.8 Å². The third-order valence-corrected chi connectivity index (χ3v) is 17.6. The Hall–Kier alpha value is 0.134. The molecule has 27 heavy (non-hydrogen) atoms. The zero-order valence-electron chi connectivity index (χ0n) is 18.5. The number of carbonyl (C=O) groups excluding carboxylic acids is 1. The molecule has 2 aliphatic heterocycles. The molecule has 2 aliphatic rings. The Morgan fingerprint density at radius 2 is 1.48 bits per heavy atom. The van der Waals surface area contributed by atoms with Crippen LogP contribution < -0.4 is 5.32 Å². The van der Waals surface area contributed by atoms with Crippen molar-refractivity contribution in [3.8, 4) is 0 Å². The molecular weight excluding hydrogens is 394 g/mol. The largest absolute Gasteiger partial charge is 0.414 e. The van der Waals surface area contributed by atoms with Gasteiger partial charge in [0.1, 0.15) is 0 Å². The molecule has 3 atom stereocenters. The highest BCUT2D eigenvalue weighted by molar-refractivity contribution is 8.00. The Kier molecular flexibility index (Phi) is 7.69. The van der Waals surface area contributed by atoms with E-state index in [9.17, 15) is 4.79 Å². The molecule has 2 rings (SSSR count). The molecule has 0 unspecified atom stereocenters. The van der Waals surface area contributed by atoms with Crippen molar-refractivity contribution in [3.05, 3.63) is 0 Å². The van der Waals surface area contributed by atoms with Crippen LogP contribution in [0.2, 0.25) is 22.2 Å². The van der Waals surface area contributed by atoms with E-state index in [4.69, 9.17) is 13.0 Å². The van der Waals surface area contributed by atoms with Gasteiger partial charge in [-0.2, -0.15) is 11.8 Å². The summed E-state index contributed by atoms with van der Waals surface area (Å²) in [6.07, 6.45) is -0.0401. The van der Waals surface area contributed by atoms with Gasteiger partial charge in [-0.3, -0.25) is 4.79 Å². The number of nitrogens with one attached hydrogen (secondary N) is 1. The molecule has 0 aromatic heterocycles. The molecule has 0 aliphatic carbocycles. The average molecular weight is 434 g/mol. The van der Waals surface area contributed by atoms with Gasteiger partial charge in [-0.25, -0.2) is 0 Å². The van der Waals surface area contributed by atoms with Gasteiger partial charge in [0, 0.05) is 12.7 Å². The summed E-state index contributed by atoms with van der Waals surface area (Å²) in [7, 11) is -5.05. The van der Waals surface area contributed by atoms with Crippen molar-refractivity contribution in [2.45, 2.75) is 102 Å². The quantitative estimate of drug-likeness (QED) is 0.644. The van der Waals surface area contributed by atoms with Crippen LogP contribution in [0.4, 0.5) is 0 Å². The Balaban J connectivity index is 2.49. The van der Waals surface area contributed by atoms with E-state index >= 15 is 0 Å². The fourth-order valence-corrected chi connectivity index (χ4v) is 17.3. The van der Waals surface area contributed by atoms with Crippen LogP contribution in [0.5, 0.6) is 0 Å². The van der Waals surface area contributed by atoms with Gasteiger partial charge >= 0.3 is 17.1 Å². The maximum Gasteiger partial charge on any atom is 0.335 e. The Bertz CT molecular complexity index is 514. The lowest BCUT2D eigenvalue weighted by molar-refractivity contribution is -0.120. The van der Waals surface area contributed by atoms with Gasteiger partial charge in [0.2, 0.25) is 5.91 Å². The molecule has 0 bridgehead atoms. The second-order valence-corrected chi connectivity index (χ2v) is 19.4. The Morgan fingerprint density at radius 1 is 0.963 bits per heavy atom. The summed E-state index contributed by atoms with van der Waals surface area (Å²) in [6, 6.07) is 0.0290. The number of amides is 1. The van der Waals surface area contributed by atoms with E-state index in [2.05, 4.69) is 60.7 Å². The second kappa shape index (κ2) is 8.87. The van der Waals surface area contributed by atoms with Crippen molar-refractivity contribution in [3.63, 3.8) is 0 Å². The van der Waals surface area contributed by atoms with Crippen LogP contribution in [0.3, 0.4) is 0 Å². The number of hydrogen-bond acceptors (Lipinski definition) is 5. The molecule has 0 aromatic rings. The molecule has 158 valence electrons. The van der Waals surface area contributed by atoms with Crippen LogP contribution in [-0.4, -0.2) is 52.8 Å². The number of fused-ring (bicyclic) bond motifs is 1. The van der Waals surface area contributed by atoms with E-state index in [1.807, 2.05) is 11.8 Å². The molecule has 0 saturated carbocycles. The van der Waals surface area contributed by atoms with Crippen LogP contribution in [0.1, 0.15) is 62.3 Å². The summed E-state index contributed by atoms with van der Waals surface area (Å²) in [5, 5.41) is 3.36. The number of rotatable bonds is 5. The molecule has 1 N–H and O–H groups in total. The van der Waals surface area contributed by atoms with Gasteiger partial charge in [-0.05, 0) is 22.2 Å². The fraction of sp³-hybridized carbons (Fsp3) is 0.947. The zero-order chi connectivity index (χ0) is 20.6. The third kappa shape index (κ3) is 4.50. The number of carbonyl (C=O) groups is 1. The van der Waals surface area contributed by atoms with E-state index in [1.165, 1.54) is 0 Å². The van der Waals surface area contributed by atoms with Crippen LogP contribution in [-0.2, 0) is 17.8 Å². The van der Waals surface area contributed by atoms with Gasteiger partial charge in [-0.1, -0.05) is 55.4 Å². The molecule has 2 saturated heterocycles. The summed E-state index contributed by atoms with van der Waals surface area (Å²) < 4.78 is 21.0. The maximum atomic E-state index is 11.7. The summed E-state index contributed by atoms with van der Waals surface area (Å²) in [5.74, 6) is 0.875. The molecule has 2 fully saturated rings. The molecule has 8 heteroatoms. The van der Waals surface area contributed by atoms with E-state index in [1.54, 1.807) is 6.92 Å². The standard InChI is InChI=1S/C19H39NO4SSi2/c1-12(2)26(13(3)4)22-10-18-19(17(11-25-18)20-16(9)21)23-27(24-26,14(5)6)15(7)8/h12-15,17-19H,10-11H2,1-9H3,(H,20,21)/t17-,18-,19+/m1/s1. The highest BCUT2D eigenvalue weighted by Gasteiger charge is 2.60. The van der Waals surface area contributed by atoms with E-state index in [-0.39, 0.29) is 23.3 Å². The Morgan fingerprint density at radius 3 is 1.93 bits per heavy atom. The minimum absolute atomic E-state index is 0.00295. The van der Waals surface area contributed by atoms with Crippen LogP contribution in [0.25, 0.3) is 0 Å². The normalized spacial score (nSPS) is 30.5. The van der Waals surface area contributed by atoms with Gasteiger partial charge in [-0.15, -0.1) is 0 Å². The van der Waals surface area contributed by atoms with Gasteiger partial charge in [0.25, 0.3) is 0 Å². The lowest BCUT2D eigenvalue weighted by Crippen LogP contribution is -2.66. The third-order valence-electron chi connectivity index (χ3n) is 5.97.